The number of nitrogens with one attached hydrogen (secondary N) is 1. The molecule has 0 aliphatic rings. The molecule has 0 atom stereocenters. The molecule has 4 aromatic rings. The fraction of sp³-hybridized carbons (Fsp3) is 0.0556. The maximum absolute atomic E-state index is 12.3. The molecule has 0 aliphatic carbocycles. The van der Waals surface area contributed by atoms with Crippen LogP contribution in [-0.4, -0.2) is 9.86 Å². The first kappa shape index (κ1) is 15.3. The zero-order valence-corrected chi connectivity index (χ0v) is 13.7. The van der Waals surface area contributed by atoms with Gasteiger partial charge in [0.2, 0.25) is 5.91 Å². The lowest BCUT2D eigenvalue weighted by molar-refractivity contribution is -0.116. The third-order valence-corrected chi connectivity index (χ3v) is 4.81. The molecule has 1 amide bonds. The molecule has 0 unspecified atom stereocenters. The Balaban J connectivity index is 1.57. The van der Waals surface area contributed by atoms with Crippen LogP contribution in [0.25, 0.3) is 21.1 Å². The number of hydrogen-bond donors (Lipinski definition) is 1. The molecule has 2 aromatic heterocycles. The average molecular weight is 352 g/mol. The summed E-state index contributed by atoms with van der Waals surface area (Å²) in [5.74, 6) is -0.301. The van der Waals surface area contributed by atoms with Crippen LogP contribution in [0.2, 0.25) is 0 Å². The summed E-state index contributed by atoms with van der Waals surface area (Å²) in [5.41, 5.74) is 0.427. The van der Waals surface area contributed by atoms with Crippen molar-refractivity contribution in [1.82, 2.24) is 3.96 Å². The molecule has 4 rings (SSSR count). The Labute approximate surface area is 145 Å². The van der Waals surface area contributed by atoms with E-state index in [4.69, 9.17) is 4.42 Å². The number of benzene rings is 2. The molecule has 0 aliphatic heterocycles. The number of aromatic nitrogens is 1. The zero-order valence-electron chi connectivity index (χ0n) is 12.9. The highest BCUT2D eigenvalue weighted by Crippen LogP contribution is 2.18. The van der Waals surface area contributed by atoms with Gasteiger partial charge < -0.3 is 9.73 Å². The lowest BCUT2D eigenvalue weighted by Crippen LogP contribution is -2.23. The molecular weight excluding hydrogens is 340 g/mol. The number of hydrogen-bond acceptors (Lipinski definition) is 5. The van der Waals surface area contributed by atoms with Gasteiger partial charge in [-0.15, -0.1) is 0 Å². The van der Waals surface area contributed by atoms with Crippen LogP contribution in [0.5, 0.6) is 0 Å². The van der Waals surface area contributed by atoms with Crippen molar-refractivity contribution < 1.29 is 9.21 Å². The SMILES string of the molecule is O=C(Cn1sc2ccccc2c1=O)Nc1ccc2oc(=O)ccc2c1. The van der Waals surface area contributed by atoms with Gasteiger partial charge in [-0.3, -0.25) is 13.5 Å². The topological polar surface area (TPSA) is 81.3 Å². The number of carbonyl (C=O) groups excluding carboxylic acids is 1. The Morgan fingerprint density at radius 3 is 2.76 bits per heavy atom. The molecule has 0 saturated heterocycles. The summed E-state index contributed by atoms with van der Waals surface area (Å²) in [5, 5.41) is 4.07. The largest absolute Gasteiger partial charge is 0.423 e. The van der Waals surface area contributed by atoms with Gasteiger partial charge in [0.25, 0.3) is 5.56 Å². The summed E-state index contributed by atoms with van der Waals surface area (Å²) >= 11 is 1.26. The molecule has 2 aromatic carbocycles. The van der Waals surface area contributed by atoms with Crippen LogP contribution in [0.1, 0.15) is 0 Å². The smallest absolute Gasteiger partial charge is 0.336 e. The van der Waals surface area contributed by atoms with E-state index in [0.717, 1.165) is 4.70 Å². The molecule has 0 radical (unpaired) electrons. The molecule has 0 spiro atoms. The third-order valence-electron chi connectivity index (χ3n) is 3.74. The maximum atomic E-state index is 12.3. The van der Waals surface area contributed by atoms with Crippen molar-refractivity contribution in [2.24, 2.45) is 0 Å². The first-order valence-electron chi connectivity index (χ1n) is 7.53. The number of anilines is 1. The molecule has 0 bridgehead atoms. The summed E-state index contributed by atoms with van der Waals surface area (Å²) < 4.78 is 7.33. The summed E-state index contributed by atoms with van der Waals surface area (Å²) in [4.78, 5) is 35.7. The zero-order chi connectivity index (χ0) is 17.4. The highest BCUT2D eigenvalue weighted by molar-refractivity contribution is 7.13. The lowest BCUT2D eigenvalue weighted by Gasteiger charge is -2.06. The number of carbonyl (C=O) groups is 1. The molecule has 6 nitrogen and oxygen atoms in total. The van der Waals surface area contributed by atoms with Gasteiger partial charge in [0.1, 0.15) is 12.1 Å². The first-order valence-corrected chi connectivity index (χ1v) is 8.30. The minimum absolute atomic E-state index is 0.0555. The minimum atomic E-state index is -0.423. The molecule has 7 heteroatoms. The second-order valence-corrected chi connectivity index (χ2v) is 6.55. The van der Waals surface area contributed by atoms with Gasteiger partial charge >= 0.3 is 5.63 Å². The van der Waals surface area contributed by atoms with Gasteiger partial charge in [0.15, 0.2) is 0 Å². The Morgan fingerprint density at radius 2 is 1.92 bits per heavy atom. The normalized spacial score (nSPS) is 11.0. The van der Waals surface area contributed by atoms with Crippen molar-refractivity contribution in [3.05, 3.63) is 75.4 Å². The van der Waals surface area contributed by atoms with E-state index in [-0.39, 0.29) is 18.0 Å². The van der Waals surface area contributed by atoms with Gasteiger partial charge in [-0.05, 0) is 36.4 Å². The standard InChI is InChI=1S/C18H12N2O4S/c21-16(10-20-18(23)13-3-1-2-4-15(13)25-20)19-12-6-7-14-11(9-12)5-8-17(22)24-14/h1-9H,10H2,(H,19,21). The fourth-order valence-corrected chi connectivity index (χ4v) is 3.60. The van der Waals surface area contributed by atoms with E-state index in [1.54, 1.807) is 36.4 Å². The number of amides is 1. The molecule has 1 N–H and O–H groups in total. The summed E-state index contributed by atoms with van der Waals surface area (Å²) in [6.45, 7) is -0.0555. The van der Waals surface area contributed by atoms with Gasteiger partial charge in [0, 0.05) is 17.1 Å². The van der Waals surface area contributed by atoms with E-state index in [9.17, 15) is 14.4 Å². The van der Waals surface area contributed by atoms with Crippen molar-refractivity contribution in [2.45, 2.75) is 6.54 Å². The second-order valence-electron chi connectivity index (χ2n) is 5.48. The Bertz CT molecular complexity index is 1220. The number of fused-ring (bicyclic) bond motifs is 2. The highest BCUT2D eigenvalue weighted by Gasteiger charge is 2.11. The number of nitrogens with zero attached hydrogens (tertiary/aromatic N) is 1. The molecular formula is C18H12N2O4S. The van der Waals surface area contributed by atoms with Crippen LogP contribution in [0.15, 0.2) is 68.6 Å². The van der Waals surface area contributed by atoms with E-state index in [1.807, 2.05) is 12.1 Å². The summed E-state index contributed by atoms with van der Waals surface area (Å²) in [6, 6.07) is 15.2. The van der Waals surface area contributed by atoms with E-state index in [0.29, 0.717) is 22.0 Å². The van der Waals surface area contributed by atoms with Crippen molar-refractivity contribution in [1.29, 1.82) is 0 Å². The van der Waals surface area contributed by atoms with E-state index < -0.39 is 5.63 Å². The number of rotatable bonds is 3. The predicted molar refractivity (Wildman–Crippen MR) is 97.2 cm³/mol. The molecule has 2 heterocycles. The van der Waals surface area contributed by atoms with E-state index in [1.165, 1.54) is 21.6 Å². The second kappa shape index (κ2) is 6.03. The van der Waals surface area contributed by atoms with Crippen molar-refractivity contribution in [2.75, 3.05) is 5.32 Å². The Hall–Kier alpha value is -3.19. The van der Waals surface area contributed by atoms with Crippen LogP contribution in [-0.2, 0) is 11.3 Å². The van der Waals surface area contributed by atoms with Gasteiger partial charge in [-0.25, -0.2) is 4.79 Å². The molecule has 124 valence electrons. The summed E-state index contributed by atoms with van der Waals surface area (Å²) in [6.07, 6.45) is 0. The van der Waals surface area contributed by atoms with Gasteiger partial charge in [-0.1, -0.05) is 23.7 Å². The van der Waals surface area contributed by atoms with E-state index in [2.05, 4.69) is 5.32 Å². The molecule has 25 heavy (non-hydrogen) atoms. The van der Waals surface area contributed by atoms with Gasteiger partial charge in [0.05, 0.1) is 10.1 Å². The third kappa shape index (κ3) is 2.97. The monoisotopic (exact) mass is 352 g/mol. The van der Waals surface area contributed by atoms with Crippen LogP contribution >= 0.6 is 11.5 Å². The first-order chi connectivity index (χ1) is 12.1. The molecule has 0 fully saturated rings. The lowest BCUT2D eigenvalue weighted by atomic mass is 10.2. The van der Waals surface area contributed by atoms with Crippen molar-refractivity contribution >= 4 is 44.2 Å². The van der Waals surface area contributed by atoms with Crippen LogP contribution < -0.4 is 16.5 Å². The van der Waals surface area contributed by atoms with E-state index >= 15 is 0 Å². The Kier molecular flexibility index (Phi) is 3.70. The van der Waals surface area contributed by atoms with Crippen molar-refractivity contribution in [3.8, 4) is 0 Å². The Morgan fingerprint density at radius 1 is 1.08 bits per heavy atom. The summed E-state index contributed by atoms with van der Waals surface area (Å²) in [7, 11) is 0. The fourth-order valence-electron chi connectivity index (χ4n) is 2.60. The van der Waals surface area contributed by atoms with Crippen LogP contribution in [0.4, 0.5) is 5.69 Å². The van der Waals surface area contributed by atoms with Gasteiger partial charge in [-0.2, -0.15) is 0 Å². The van der Waals surface area contributed by atoms with Crippen molar-refractivity contribution in [3.63, 3.8) is 0 Å². The quantitative estimate of drug-likeness (QED) is 0.575. The highest BCUT2D eigenvalue weighted by atomic mass is 32.1. The predicted octanol–water partition coefficient (Wildman–Crippen LogP) is 2.81. The van der Waals surface area contributed by atoms with Crippen LogP contribution in [0.3, 0.4) is 0 Å². The molecule has 0 saturated carbocycles. The average Bonchev–Trinajstić information content (AvgIpc) is 2.91. The maximum Gasteiger partial charge on any atom is 0.336 e. The minimum Gasteiger partial charge on any atom is -0.423 e. The van der Waals surface area contributed by atoms with Crippen LogP contribution in [0, 0.1) is 0 Å².